The molecule has 0 fully saturated rings. The summed E-state index contributed by atoms with van der Waals surface area (Å²) in [6, 6.07) is 47.6. The number of fused-ring (bicyclic) bond motifs is 5. The average molecular weight is 940 g/mol. The summed E-state index contributed by atoms with van der Waals surface area (Å²) in [6.07, 6.45) is 3.19. The monoisotopic (exact) mass is 940 g/mol. The van der Waals surface area contributed by atoms with Gasteiger partial charge in [0.25, 0.3) is 0 Å². The summed E-state index contributed by atoms with van der Waals surface area (Å²) < 4.78 is 58.5. The van der Waals surface area contributed by atoms with Crippen LogP contribution in [0.2, 0.25) is 0 Å². The van der Waals surface area contributed by atoms with Crippen LogP contribution in [-0.2, 0) is 20.1 Å². The summed E-state index contributed by atoms with van der Waals surface area (Å²) in [5.41, 5.74) is 12.9. The van der Waals surface area contributed by atoms with Crippen LogP contribution in [0.1, 0.15) is 70.0 Å². The van der Waals surface area contributed by atoms with Crippen LogP contribution in [0.3, 0.4) is 0 Å². The molecule has 4 aromatic heterocycles. The first-order valence-corrected chi connectivity index (χ1v) is 19.1. The van der Waals surface area contributed by atoms with Crippen molar-refractivity contribution in [2.24, 2.45) is 0 Å². The van der Waals surface area contributed by atoms with Crippen molar-refractivity contribution < 1.29 is 37.2 Å². The van der Waals surface area contributed by atoms with E-state index in [1.54, 1.807) is 12.1 Å². The van der Waals surface area contributed by atoms with Crippen molar-refractivity contribution in [2.45, 2.75) is 53.2 Å². The molecule has 0 spiro atoms. The number of aryl methyl sites for hydroxylation is 2. The normalized spacial score (nSPS) is 13.4. The summed E-state index contributed by atoms with van der Waals surface area (Å²) in [7, 11) is 0. The molecule has 0 aliphatic heterocycles. The van der Waals surface area contributed by atoms with Gasteiger partial charge in [0, 0.05) is 56.6 Å². The largest absolute Gasteiger partial charge is 0.501 e. The first-order valence-electron chi connectivity index (χ1n) is 22.1. The molecule has 5 nitrogen and oxygen atoms in total. The van der Waals surface area contributed by atoms with Crippen LogP contribution in [0.15, 0.2) is 149 Å². The Morgan fingerprint density at radius 2 is 1.41 bits per heavy atom. The summed E-state index contributed by atoms with van der Waals surface area (Å²) in [5, 5.41) is 3.29. The van der Waals surface area contributed by atoms with E-state index in [1.165, 1.54) is 41.2 Å². The molecule has 289 valence electrons. The van der Waals surface area contributed by atoms with Crippen LogP contribution in [0.4, 0.5) is 0 Å². The zero-order valence-electron chi connectivity index (χ0n) is 38.4. The van der Waals surface area contributed by atoms with Gasteiger partial charge in [-0.3, -0.25) is 4.98 Å². The van der Waals surface area contributed by atoms with Crippen molar-refractivity contribution in [3.8, 4) is 39.5 Å². The molecule has 0 aliphatic carbocycles. The number of hydrogen-bond donors (Lipinski definition) is 0. The van der Waals surface area contributed by atoms with Crippen molar-refractivity contribution in [3.63, 3.8) is 0 Å². The standard InChI is InChI=1S/C39H31N2O2.C13H12N.Ir/c1-23(2)30-20-25(32-22-42-35-18-9-5-13-27(32)35)21-31(24(3)4)37(30)41-34-17-8-7-16-33(34)40-39(41)29-15-11-14-28-26-12-6-10-19-36(26)43-38(28)29;1-10-3-6-12(7-4-10)13-8-5-11(2)9-14-13;/h5-14,16-24H,1-4H3;3-6,8-9H,1-2H3;/q2*-1;/i;1D3,2D3;. The fourth-order valence-electron chi connectivity index (χ4n) is 7.59. The third kappa shape index (κ3) is 7.08. The maximum absolute atomic E-state index is 7.28. The van der Waals surface area contributed by atoms with Gasteiger partial charge in [0.1, 0.15) is 11.2 Å². The van der Waals surface area contributed by atoms with E-state index in [4.69, 9.17) is 22.0 Å². The predicted molar refractivity (Wildman–Crippen MR) is 234 cm³/mol. The Balaban J connectivity index is 0.000000225. The zero-order valence-corrected chi connectivity index (χ0v) is 34.8. The molecule has 10 rings (SSSR count). The van der Waals surface area contributed by atoms with Crippen LogP contribution in [-0.4, -0.2) is 14.5 Å². The predicted octanol–water partition coefficient (Wildman–Crippen LogP) is 14.2. The minimum absolute atomic E-state index is 0. The smallest absolute Gasteiger partial charge is 0.134 e. The van der Waals surface area contributed by atoms with Crippen molar-refractivity contribution in [1.29, 1.82) is 0 Å². The van der Waals surface area contributed by atoms with E-state index in [0.29, 0.717) is 11.3 Å². The number of rotatable bonds is 6. The number of aromatic nitrogens is 3. The molecule has 0 N–H and O–H groups in total. The Morgan fingerprint density at radius 3 is 2.12 bits per heavy atom. The zero-order chi connectivity index (χ0) is 44.2. The second kappa shape index (κ2) is 16.1. The summed E-state index contributed by atoms with van der Waals surface area (Å²) in [5.74, 6) is 1.34. The van der Waals surface area contributed by atoms with E-state index in [1.807, 2.05) is 36.6 Å². The fraction of sp³-hybridized carbons (Fsp3) is 0.154. The van der Waals surface area contributed by atoms with E-state index >= 15 is 0 Å². The molecule has 4 heterocycles. The molecule has 6 heteroatoms. The summed E-state index contributed by atoms with van der Waals surface area (Å²) >= 11 is 0. The summed E-state index contributed by atoms with van der Waals surface area (Å²) in [6.45, 7) is 4.74. The molecule has 0 bridgehead atoms. The fourth-order valence-corrected chi connectivity index (χ4v) is 7.59. The van der Waals surface area contributed by atoms with Crippen molar-refractivity contribution in [1.82, 2.24) is 14.5 Å². The van der Waals surface area contributed by atoms with Gasteiger partial charge >= 0.3 is 0 Å². The number of para-hydroxylation sites is 4. The Labute approximate surface area is 361 Å². The topological polar surface area (TPSA) is 57.0 Å². The third-order valence-corrected chi connectivity index (χ3v) is 10.4. The molecule has 0 atom stereocenters. The van der Waals surface area contributed by atoms with Crippen LogP contribution in [0, 0.1) is 25.8 Å². The van der Waals surface area contributed by atoms with Crippen LogP contribution < -0.4 is 0 Å². The SMILES string of the molecule is CC(C)c1cc(-c2coc3ccccc23)cc(C(C)C)c1-n1c(-c2[c-]ccc3c2oc2ccccc23)nc2ccccc21.[2H]C([2H])([2H])c1c[c-]c(-c2ccc(C([2H])([2H])[2H])cn2)cc1.[Ir]. The molecular formula is C52H43IrN3O2-2. The maximum Gasteiger partial charge on any atom is 0.134 e. The minimum Gasteiger partial charge on any atom is -0.501 e. The molecule has 0 amide bonds. The van der Waals surface area contributed by atoms with Gasteiger partial charge in [0.05, 0.1) is 28.7 Å². The molecular weight excluding hydrogens is 891 g/mol. The van der Waals surface area contributed by atoms with Gasteiger partial charge in [-0.1, -0.05) is 106 Å². The number of furan rings is 2. The molecule has 0 saturated heterocycles. The van der Waals surface area contributed by atoms with E-state index in [-0.39, 0.29) is 43.1 Å². The number of pyridine rings is 1. The second-order valence-corrected chi connectivity index (χ2v) is 14.8. The molecule has 0 aliphatic rings. The van der Waals surface area contributed by atoms with Crippen molar-refractivity contribution in [2.75, 3.05) is 0 Å². The van der Waals surface area contributed by atoms with E-state index in [0.717, 1.165) is 66.5 Å². The van der Waals surface area contributed by atoms with E-state index in [9.17, 15) is 0 Å². The Morgan fingerprint density at radius 1 is 0.707 bits per heavy atom. The van der Waals surface area contributed by atoms with Gasteiger partial charge in [-0.15, -0.1) is 53.6 Å². The van der Waals surface area contributed by atoms with E-state index in [2.05, 4.69) is 116 Å². The third-order valence-electron chi connectivity index (χ3n) is 10.4. The number of nitrogens with zero attached hydrogens (tertiary/aromatic N) is 3. The molecule has 1 radical (unpaired) electrons. The first-order chi connectivity index (χ1) is 30.2. The van der Waals surface area contributed by atoms with Gasteiger partial charge in [-0.25, -0.2) is 0 Å². The quantitative estimate of drug-likeness (QED) is 0.156. The van der Waals surface area contributed by atoms with Crippen molar-refractivity contribution >= 4 is 43.9 Å². The second-order valence-electron chi connectivity index (χ2n) is 14.8. The molecule has 0 saturated carbocycles. The van der Waals surface area contributed by atoms with Crippen molar-refractivity contribution in [3.05, 3.63) is 174 Å². The number of hydrogen-bond acceptors (Lipinski definition) is 4. The molecule has 58 heavy (non-hydrogen) atoms. The van der Waals surface area contributed by atoms with Gasteiger partial charge in [0.15, 0.2) is 0 Å². The number of benzene rings is 6. The Bertz CT molecular complexity index is 3190. The Hall–Kier alpha value is -6.07. The first kappa shape index (κ1) is 31.9. The molecule has 6 aromatic carbocycles. The van der Waals surface area contributed by atoms with Gasteiger partial charge in [0.2, 0.25) is 0 Å². The van der Waals surface area contributed by atoms with Gasteiger partial charge < -0.3 is 18.4 Å². The Kier molecular flexibility index (Phi) is 8.84. The minimum atomic E-state index is -2.18. The summed E-state index contributed by atoms with van der Waals surface area (Å²) in [4.78, 5) is 9.33. The van der Waals surface area contributed by atoms with Gasteiger partial charge in [-0.05, 0) is 83.0 Å². The van der Waals surface area contributed by atoms with Crippen LogP contribution in [0.5, 0.6) is 0 Å². The number of imidazole rings is 1. The molecule has 10 aromatic rings. The maximum atomic E-state index is 7.28. The molecule has 0 unspecified atom stereocenters. The van der Waals surface area contributed by atoms with Gasteiger partial charge in [-0.2, -0.15) is 0 Å². The average Bonchev–Trinajstić information content (AvgIpc) is 3.99. The van der Waals surface area contributed by atoms with Crippen LogP contribution >= 0.6 is 0 Å². The van der Waals surface area contributed by atoms with Crippen LogP contribution in [0.25, 0.3) is 83.4 Å². The van der Waals surface area contributed by atoms with E-state index < -0.39 is 13.7 Å².